The van der Waals surface area contributed by atoms with Gasteiger partial charge in [-0.1, -0.05) is 24.3 Å². The first-order chi connectivity index (χ1) is 10.1. The van der Waals surface area contributed by atoms with Gasteiger partial charge in [0.05, 0.1) is 0 Å². The molecule has 3 N–H and O–H groups in total. The Labute approximate surface area is 121 Å². The molecule has 112 valence electrons. The largest absolute Gasteiger partial charge is 0.480 e. The van der Waals surface area contributed by atoms with Crippen LogP contribution >= 0.6 is 0 Å². The molecular weight excluding hydrogens is 276 g/mol. The van der Waals surface area contributed by atoms with Gasteiger partial charge in [-0.2, -0.15) is 0 Å². The highest BCUT2D eigenvalue weighted by Gasteiger charge is 2.25. The molecular formula is C14H16N2O5. The van der Waals surface area contributed by atoms with Gasteiger partial charge in [0, 0.05) is 12.5 Å². The predicted octanol–water partition coefficient (Wildman–Crippen LogP) is 0.253. The van der Waals surface area contributed by atoms with Crippen molar-refractivity contribution < 1.29 is 24.2 Å². The molecule has 1 aliphatic rings. The summed E-state index contributed by atoms with van der Waals surface area (Å²) in [5, 5.41) is 13.0. The van der Waals surface area contributed by atoms with Crippen LogP contribution in [0, 0.1) is 0 Å². The summed E-state index contributed by atoms with van der Waals surface area (Å²) < 4.78 is 4.57. The summed E-state index contributed by atoms with van der Waals surface area (Å²) in [6.45, 7) is -0.591. The molecule has 0 bridgehead atoms. The lowest BCUT2D eigenvalue weighted by atomic mass is 9.78. The van der Waals surface area contributed by atoms with Gasteiger partial charge < -0.3 is 15.2 Å². The standard InChI is InChI=1S/C14H16N2O5/c17-12(7-21-8-13(18)19)16-14(20)15-6-10-5-9-3-1-2-4-11(9)10/h1-4,10H,5-8H2,(H,18,19)(H2,15,16,17,20). The number of carboxylic acid groups (broad SMARTS) is 1. The number of fused-ring (bicyclic) bond motifs is 1. The van der Waals surface area contributed by atoms with Gasteiger partial charge in [-0.05, 0) is 17.5 Å². The van der Waals surface area contributed by atoms with Crippen LogP contribution in [0.15, 0.2) is 24.3 Å². The molecule has 1 atom stereocenters. The van der Waals surface area contributed by atoms with E-state index in [4.69, 9.17) is 5.11 Å². The lowest BCUT2D eigenvalue weighted by Crippen LogP contribution is -2.43. The number of urea groups is 1. The van der Waals surface area contributed by atoms with E-state index in [9.17, 15) is 14.4 Å². The minimum Gasteiger partial charge on any atom is -0.480 e. The van der Waals surface area contributed by atoms with E-state index in [0.717, 1.165) is 6.42 Å². The fourth-order valence-corrected chi connectivity index (χ4v) is 2.20. The maximum atomic E-state index is 11.5. The van der Waals surface area contributed by atoms with Crippen molar-refractivity contribution in [1.29, 1.82) is 0 Å². The van der Waals surface area contributed by atoms with Crippen molar-refractivity contribution in [3.05, 3.63) is 35.4 Å². The third-order valence-corrected chi connectivity index (χ3v) is 3.18. The molecule has 1 aromatic rings. The molecule has 3 amide bonds. The molecule has 0 fully saturated rings. The van der Waals surface area contributed by atoms with Crippen LogP contribution in [0.25, 0.3) is 0 Å². The summed E-state index contributed by atoms with van der Waals surface area (Å²) >= 11 is 0. The Morgan fingerprint density at radius 3 is 2.71 bits per heavy atom. The van der Waals surface area contributed by atoms with Crippen LogP contribution in [-0.4, -0.2) is 42.8 Å². The van der Waals surface area contributed by atoms with E-state index >= 15 is 0 Å². The van der Waals surface area contributed by atoms with E-state index in [0.29, 0.717) is 6.54 Å². The van der Waals surface area contributed by atoms with E-state index in [-0.39, 0.29) is 5.92 Å². The summed E-state index contributed by atoms with van der Waals surface area (Å²) in [7, 11) is 0. The zero-order valence-corrected chi connectivity index (χ0v) is 11.3. The Morgan fingerprint density at radius 1 is 1.24 bits per heavy atom. The highest BCUT2D eigenvalue weighted by atomic mass is 16.5. The minimum atomic E-state index is -1.17. The summed E-state index contributed by atoms with van der Waals surface area (Å²) in [6, 6.07) is 7.39. The molecule has 0 spiro atoms. The second-order valence-electron chi connectivity index (χ2n) is 4.74. The number of carboxylic acids is 1. The summed E-state index contributed by atoms with van der Waals surface area (Å²) in [4.78, 5) is 32.9. The zero-order chi connectivity index (χ0) is 15.2. The maximum absolute atomic E-state index is 11.5. The Morgan fingerprint density at radius 2 is 2.00 bits per heavy atom. The second kappa shape index (κ2) is 6.85. The van der Waals surface area contributed by atoms with E-state index in [2.05, 4.69) is 21.4 Å². The smallest absolute Gasteiger partial charge is 0.329 e. The number of ether oxygens (including phenoxy) is 1. The molecule has 0 aliphatic heterocycles. The maximum Gasteiger partial charge on any atom is 0.329 e. The number of nitrogens with one attached hydrogen (secondary N) is 2. The highest BCUT2D eigenvalue weighted by Crippen LogP contribution is 2.33. The van der Waals surface area contributed by atoms with Gasteiger partial charge in [-0.3, -0.25) is 10.1 Å². The molecule has 21 heavy (non-hydrogen) atoms. The molecule has 0 radical (unpaired) electrons. The van der Waals surface area contributed by atoms with Gasteiger partial charge in [0.1, 0.15) is 13.2 Å². The lowest BCUT2D eigenvalue weighted by molar-refractivity contribution is -0.143. The first kappa shape index (κ1) is 15.0. The number of amides is 3. The lowest BCUT2D eigenvalue weighted by Gasteiger charge is -2.30. The van der Waals surface area contributed by atoms with Crippen molar-refractivity contribution in [2.24, 2.45) is 0 Å². The number of rotatable bonds is 6. The van der Waals surface area contributed by atoms with Gasteiger partial charge in [-0.25, -0.2) is 9.59 Å². The third-order valence-electron chi connectivity index (χ3n) is 3.18. The molecule has 0 aromatic heterocycles. The number of hydrogen-bond donors (Lipinski definition) is 3. The van der Waals surface area contributed by atoms with E-state index in [1.54, 1.807) is 0 Å². The van der Waals surface area contributed by atoms with Crippen LogP contribution in [0.5, 0.6) is 0 Å². The van der Waals surface area contributed by atoms with E-state index in [1.165, 1.54) is 11.1 Å². The minimum absolute atomic E-state index is 0.269. The SMILES string of the molecule is O=C(O)COCC(=O)NC(=O)NCC1Cc2ccccc21. The topological polar surface area (TPSA) is 105 Å². The Kier molecular flexibility index (Phi) is 4.89. The van der Waals surface area contributed by atoms with Crippen molar-refractivity contribution in [1.82, 2.24) is 10.6 Å². The number of benzene rings is 1. The van der Waals surface area contributed by atoms with Crippen LogP contribution < -0.4 is 10.6 Å². The first-order valence-corrected chi connectivity index (χ1v) is 6.51. The van der Waals surface area contributed by atoms with Crippen LogP contribution in [0.2, 0.25) is 0 Å². The zero-order valence-electron chi connectivity index (χ0n) is 11.3. The molecule has 0 saturated heterocycles. The highest BCUT2D eigenvalue weighted by molar-refractivity contribution is 5.95. The van der Waals surface area contributed by atoms with Gasteiger partial charge in [0.15, 0.2) is 0 Å². The number of imide groups is 1. The molecule has 1 unspecified atom stereocenters. The Bertz CT molecular complexity index is 558. The van der Waals surface area contributed by atoms with Crippen molar-refractivity contribution in [3.8, 4) is 0 Å². The van der Waals surface area contributed by atoms with Crippen LogP contribution in [-0.2, 0) is 20.7 Å². The Balaban J connectivity index is 1.64. The van der Waals surface area contributed by atoms with Crippen LogP contribution in [0.3, 0.4) is 0 Å². The quantitative estimate of drug-likeness (QED) is 0.697. The average molecular weight is 292 g/mol. The van der Waals surface area contributed by atoms with Crippen molar-refractivity contribution in [2.45, 2.75) is 12.3 Å². The van der Waals surface area contributed by atoms with Gasteiger partial charge in [0.2, 0.25) is 0 Å². The van der Waals surface area contributed by atoms with Gasteiger partial charge in [0.25, 0.3) is 5.91 Å². The first-order valence-electron chi connectivity index (χ1n) is 6.51. The van der Waals surface area contributed by atoms with E-state index < -0.39 is 31.1 Å². The van der Waals surface area contributed by atoms with Gasteiger partial charge >= 0.3 is 12.0 Å². The predicted molar refractivity (Wildman–Crippen MR) is 72.9 cm³/mol. The molecule has 7 heteroatoms. The number of aliphatic carboxylic acids is 1. The molecule has 2 rings (SSSR count). The summed E-state index contributed by atoms with van der Waals surface area (Å²) in [5.74, 6) is -1.58. The molecule has 0 heterocycles. The molecule has 0 saturated carbocycles. The van der Waals surface area contributed by atoms with Gasteiger partial charge in [-0.15, -0.1) is 0 Å². The van der Waals surface area contributed by atoms with Crippen LogP contribution in [0.1, 0.15) is 17.0 Å². The fraction of sp³-hybridized carbons (Fsp3) is 0.357. The van der Waals surface area contributed by atoms with Crippen molar-refractivity contribution in [2.75, 3.05) is 19.8 Å². The normalized spacial score (nSPS) is 15.5. The van der Waals surface area contributed by atoms with Crippen molar-refractivity contribution in [3.63, 3.8) is 0 Å². The summed E-state index contributed by atoms with van der Waals surface area (Å²) in [6.07, 6.45) is 0.909. The number of hydrogen-bond acceptors (Lipinski definition) is 4. The molecule has 7 nitrogen and oxygen atoms in total. The monoisotopic (exact) mass is 292 g/mol. The average Bonchev–Trinajstić information content (AvgIpc) is 2.39. The van der Waals surface area contributed by atoms with E-state index in [1.807, 2.05) is 18.2 Å². The van der Waals surface area contributed by atoms with Crippen LogP contribution in [0.4, 0.5) is 4.79 Å². The second-order valence-corrected chi connectivity index (χ2v) is 4.74. The molecule has 1 aliphatic carbocycles. The molecule has 1 aromatic carbocycles. The van der Waals surface area contributed by atoms with Crippen molar-refractivity contribution >= 4 is 17.9 Å². The third kappa shape index (κ3) is 4.28. The number of carbonyl (C=O) groups is 3. The fourth-order valence-electron chi connectivity index (χ4n) is 2.20. The summed E-state index contributed by atoms with van der Waals surface area (Å²) in [5.41, 5.74) is 2.50. The Hall–Kier alpha value is -2.41. The number of carbonyl (C=O) groups excluding carboxylic acids is 2.